The van der Waals surface area contributed by atoms with Crippen LogP contribution in [0.2, 0.25) is 0 Å². The molecule has 0 fully saturated rings. The van der Waals surface area contributed by atoms with Crippen LogP contribution in [-0.2, 0) is 13.1 Å². The van der Waals surface area contributed by atoms with Crippen molar-refractivity contribution >= 4 is 27.8 Å². The number of aromatic nitrogens is 1. The van der Waals surface area contributed by atoms with Gasteiger partial charge in [0.15, 0.2) is 5.13 Å². The van der Waals surface area contributed by atoms with Gasteiger partial charge in [-0.15, -0.1) is 22.7 Å². The van der Waals surface area contributed by atoms with Gasteiger partial charge in [0.2, 0.25) is 0 Å². The predicted octanol–water partition coefficient (Wildman–Crippen LogP) is 3.27. The van der Waals surface area contributed by atoms with Crippen molar-refractivity contribution in [3.8, 4) is 0 Å². The summed E-state index contributed by atoms with van der Waals surface area (Å²) in [6.07, 6.45) is 1.97. The first-order chi connectivity index (χ1) is 8.28. The molecule has 0 bridgehead atoms. The summed E-state index contributed by atoms with van der Waals surface area (Å²) in [5, 5.41) is 6.38. The third-order valence-corrected chi connectivity index (χ3v) is 4.11. The Bertz CT molecular complexity index is 436. The van der Waals surface area contributed by atoms with Gasteiger partial charge >= 0.3 is 0 Å². The van der Waals surface area contributed by atoms with E-state index >= 15 is 0 Å². The lowest BCUT2D eigenvalue weighted by atomic mass is 10.4. The van der Waals surface area contributed by atoms with Gasteiger partial charge in [0.25, 0.3) is 0 Å². The van der Waals surface area contributed by atoms with Gasteiger partial charge in [0, 0.05) is 35.6 Å². The molecule has 0 saturated heterocycles. The van der Waals surface area contributed by atoms with Crippen molar-refractivity contribution in [2.24, 2.45) is 0 Å². The lowest BCUT2D eigenvalue weighted by molar-refractivity contribution is 0.325. The molecular weight excluding hydrogens is 250 g/mol. The topological polar surface area (TPSA) is 28.2 Å². The van der Waals surface area contributed by atoms with Crippen molar-refractivity contribution in [1.29, 1.82) is 0 Å². The summed E-state index contributed by atoms with van der Waals surface area (Å²) in [5.41, 5.74) is 0. The summed E-state index contributed by atoms with van der Waals surface area (Å²) in [7, 11) is 2.15. The van der Waals surface area contributed by atoms with Crippen LogP contribution in [0.25, 0.3) is 0 Å². The Hall–Kier alpha value is -0.910. The molecule has 0 radical (unpaired) electrons. The van der Waals surface area contributed by atoms with E-state index in [2.05, 4.69) is 46.7 Å². The standard InChI is InChI=1S/C12H17N3S2/c1-3-13-12-14-7-11(17-12)9-15(2)8-10-5-4-6-16-10/h4-7H,3,8-9H2,1-2H3,(H,13,14). The van der Waals surface area contributed by atoms with Crippen LogP contribution in [-0.4, -0.2) is 23.5 Å². The zero-order valence-electron chi connectivity index (χ0n) is 10.1. The first kappa shape index (κ1) is 12.5. The maximum atomic E-state index is 4.34. The lowest BCUT2D eigenvalue weighted by Gasteiger charge is -2.13. The summed E-state index contributed by atoms with van der Waals surface area (Å²) >= 11 is 3.55. The molecular formula is C12H17N3S2. The van der Waals surface area contributed by atoms with Gasteiger partial charge in [-0.2, -0.15) is 0 Å². The summed E-state index contributed by atoms with van der Waals surface area (Å²) in [5.74, 6) is 0. The fourth-order valence-corrected chi connectivity index (χ4v) is 3.35. The Kier molecular flexibility index (Phi) is 4.53. The van der Waals surface area contributed by atoms with Crippen molar-refractivity contribution in [3.63, 3.8) is 0 Å². The third-order valence-electron chi connectivity index (χ3n) is 2.31. The van der Waals surface area contributed by atoms with Crippen LogP contribution in [0.5, 0.6) is 0 Å². The van der Waals surface area contributed by atoms with E-state index in [1.165, 1.54) is 9.75 Å². The average molecular weight is 267 g/mol. The monoisotopic (exact) mass is 267 g/mol. The van der Waals surface area contributed by atoms with Crippen molar-refractivity contribution in [2.75, 3.05) is 18.9 Å². The van der Waals surface area contributed by atoms with Crippen LogP contribution in [0.3, 0.4) is 0 Å². The van der Waals surface area contributed by atoms with E-state index in [4.69, 9.17) is 0 Å². The van der Waals surface area contributed by atoms with Crippen molar-refractivity contribution in [3.05, 3.63) is 33.5 Å². The second kappa shape index (κ2) is 6.14. The molecule has 2 rings (SSSR count). The second-order valence-corrected chi connectivity index (χ2v) is 6.06. The number of rotatable bonds is 6. The minimum Gasteiger partial charge on any atom is -0.362 e. The number of hydrogen-bond acceptors (Lipinski definition) is 5. The van der Waals surface area contributed by atoms with Crippen LogP contribution >= 0.6 is 22.7 Å². The highest BCUT2D eigenvalue weighted by Crippen LogP contribution is 2.20. The van der Waals surface area contributed by atoms with E-state index in [0.29, 0.717) is 0 Å². The molecule has 17 heavy (non-hydrogen) atoms. The Morgan fingerprint density at radius 1 is 1.35 bits per heavy atom. The highest BCUT2D eigenvalue weighted by atomic mass is 32.1. The molecule has 2 aromatic heterocycles. The van der Waals surface area contributed by atoms with Crippen LogP contribution in [0, 0.1) is 0 Å². The van der Waals surface area contributed by atoms with E-state index in [1.54, 1.807) is 11.3 Å². The fraction of sp³-hybridized carbons (Fsp3) is 0.417. The van der Waals surface area contributed by atoms with E-state index in [-0.39, 0.29) is 0 Å². The van der Waals surface area contributed by atoms with Gasteiger partial charge in [-0.25, -0.2) is 4.98 Å². The molecule has 92 valence electrons. The highest BCUT2D eigenvalue weighted by Gasteiger charge is 2.05. The first-order valence-electron chi connectivity index (χ1n) is 5.67. The minimum atomic E-state index is 0.929. The predicted molar refractivity (Wildman–Crippen MR) is 75.8 cm³/mol. The number of thiophene rings is 1. The molecule has 0 amide bonds. The van der Waals surface area contributed by atoms with E-state index < -0.39 is 0 Å². The zero-order valence-corrected chi connectivity index (χ0v) is 11.8. The molecule has 0 unspecified atom stereocenters. The number of nitrogens with one attached hydrogen (secondary N) is 1. The van der Waals surface area contributed by atoms with Crippen molar-refractivity contribution in [1.82, 2.24) is 9.88 Å². The molecule has 1 N–H and O–H groups in total. The van der Waals surface area contributed by atoms with E-state index in [1.807, 2.05) is 17.5 Å². The number of hydrogen-bond donors (Lipinski definition) is 1. The fourth-order valence-electron chi connectivity index (χ4n) is 1.60. The molecule has 0 atom stereocenters. The molecule has 0 aliphatic carbocycles. The van der Waals surface area contributed by atoms with Crippen LogP contribution in [0.15, 0.2) is 23.7 Å². The van der Waals surface area contributed by atoms with Gasteiger partial charge in [0.05, 0.1) is 0 Å². The smallest absolute Gasteiger partial charge is 0.182 e. The normalized spacial score (nSPS) is 11.0. The van der Waals surface area contributed by atoms with Crippen molar-refractivity contribution in [2.45, 2.75) is 20.0 Å². The molecule has 0 spiro atoms. The molecule has 2 heterocycles. The minimum absolute atomic E-state index is 0.929. The summed E-state index contributed by atoms with van der Waals surface area (Å²) < 4.78 is 0. The summed E-state index contributed by atoms with van der Waals surface area (Å²) in [6.45, 7) is 4.98. The van der Waals surface area contributed by atoms with Crippen molar-refractivity contribution < 1.29 is 0 Å². The third kappa shape index (κ3) is 3.80. The highest BCUT2D eigenvalue weighted by molar-refractivity contribution is 7.15. The SMILES string of the molecule is CCNc1ncc(CN(C)Cc2cccs2)s1. The Morgan fingerprint density at radius 2 is 2.18 bits per heavy atom. The van der Waals surface area contributed by atoms with Gasteiger partial charge in [-0.1, -0.05) is 6.07 Å². The van der Waals surface area contributed by atoms with Gasteiger partial charge in [0.1, 0.15) is 0 Å². The maximum Gasteiger partial charge on any atom is 0.182 e. The average Bonchev–Trinajstić information content (AvgIpc) is 2.91. The first-order valence-corrected chi connectivity index (χ1v) is 7.37. The molecule has 3 nitrogen and oxygen atoms in total. The molecule has 0 saturated carbocycles. The van der Waals surface area contributed by atoms with Gasteiger partial charge < -0.3 is 5.32 Å². The van der Waals surface area contributed by atoms with Gasteiger partial charge in [-0.3, -0.25) is 4.90 Å². The largest absolute Gasteiger partial charge is 0.362 e. The Morgan fingerprint density at radius 3 is 2.88 bits per heavy atom. The Labute approximate surface area is 110 Å². The maximum absolute atomic E-state index is 4.34. The summed E-state index contributed by atoms with van der Waals surface area (Å²) in [4.78, 5) is 9.37. The van der Waals surface area contributed by atoms with Crippen LogP contribution < -0.4 is 5.32 Å². The van der Waals surface area contributed by atoms with Gasteiger partial charge in [-0.05, 0) is 25.4 Å². The molecule has 0 aromatic carbocycles. The Balaban J connectivity index is 1.86. The molecule has 0 aliphatic heterocycles. The zero-order chi connectivity index (χ0) is 12.1. The van der Waals surface area contributed by atoms with Crippen LogP contribution in [0.4, 0.5) is 5.13 Å². The molecule has 2 aromatic rings. The molecule has 0 aliphatic rings. The number of anilines is 1. The number of nitrogens with zero attached hydrogens (tertiary/aromatic N) is 2. The number of thiazole rings is 1. The molecule has 5 heteroatoms. The van der Waals surface area contributed by atoms with Crippen LogP contribution in [0.1, 0.15) is 16.7 Å². The lowest BCUT2D eigenvalue weighted by Crippen LogP contribution is -2.15. The second-order valence-electron chi connectivity index (χ2n) is 3.91. The van der Waals surface area contributed by atoms with E-state index in [0.717, 1.165) is 24.8 Å². The summed E-state index contributed by atoms with van der Waals surface area (Å²) in [6, 6.07) is 4.28. The van der Waals surface area contributed by atoms with E-state index in [9.17, 15) is 0 Å². The quantitative estimate of drug-likeness (QED) is 0.870.